The molecule has 0 heterocycles. The molecule has 0 aliphatic carbocycles. The number of halogens is 5. The Morgan fingerprint density at radius 2 is 1.76 bits per heavy atom. The third-order valence-electron chi connectivity index (χ3n) is 2.62. The van der Waals surface area contributed by atoms with E-state index < -0.39 is 17.5 Å². The van der Waals surface area contributed by atoms with Crippen molar-refractivity contribution in [1.29, 1.82) is 0 Å². The minimum atomic E-state index is -1.17. The molecule has 2 aromatic rings. The van der Waals surface area contributed by atoms with E-state index in [4.69, 9.17) is 28.9 Å². The molecule has 2 aromatic carbocycles. The van der Waals surface area contributed by atoms with Crippen molar-refractivity contribution in [3.8, 4) is 0 Å². The summed E-state index contributed by atoms with van der Waals surface area (Å²) < 4.78 is 26.7. The molecule has 0 bridgehead atoms. The number of carbonyl (C=O) groups excluding carboxylic acids is 1. The molecule has 3 N–H and O–H groups in total. The lowest BCUT2D eigenvalue weighted by molar-refractivity contribution is 0.102. The average molecular weight is 396 g/mol. The van der Waals surface area contributed by atoms with E-state index in [1.807, 2.05) is 0 Å². The minimum Gasteiger partial charge on any atom is -0.398 e. The Labute approximate surface area is 137 Å². The van der Waals surface area contributed by atoms with Gasteiger partial charge in [0.2, 0.25) is 0 Å². The monoisotopic (exact) mass is 394 g/mol. The van der Waals surface area contributed by atoms with Gasteiger partial charge in [-0.15, -0.1) is 0 Å². The molecule has 0 fully saturated rings. The van der Waals surface area contributed by atoms with Gasteiger partial charge < -0.3 is 11.1 Å². The van der Waals surface area contributed by atoms with Gasteiger partial charge in [-0.2, -0.15) is 0 Å². The molecule has 0 unspecified atom stereocenters. The van der Waals surface area contributed by atoms with Crippen molar-refractivity contribution in [2.45, 2.75) is 0 Å². The van der Waals surface area contributed by atoms with E-state index in [1.165, 1.54) is 6.07 Å². The second-order valence-electron chi connectivity index (χ2n) is 4.03. The number of hydrogen-bond acceptors (Lipinski definition) is 2. The fourth-order valence-electron chi connectivity index (χ4n) is 1.57. The average Bonchev–Trinajstić information content (AvgIpc) is 2.43. The summed E-state index contributed by atoms with van der Waals surface area (Å²) in [6.07, 6.45) is 0. The van der Waals surface area contributed by atoms with Crippen molar-refractivity contribution in [2.24, 2.45) is 0 Å². The predicted molar refractivity (Wildman–Crippen MR) is 82.9 cm³/mol. The zero-order valence-electron chi connectivity index (χ0n) is 10.2. The molecule has 0 atom stereocenters. The van der Waals surface area contributed by atoms with Crippen LogP contribution in [0, 0.1) is 11.6 Å². The zero-order chi connectivity index (χ0) is 15.7. The van der Waals surface area contributed by atoms with Crippen LogP contribution in [-0.2, 0) is 0 Å². The SMILES string of the molecule is Nc1cc(F)c(F)cc1C(=O)Nc1ccc(Br)c(Cl)c1Cl. The van der Waals surface area contributed by atoms with Gasteiger partial charge in [0.15, 0.2) is 11.6 Å². The van der Waals surface area contributed by atoms with Gasteiger partial charge in [0.1, 0.15) is 0 Å². The molecule has 0 saturated heterocycles. The van der Waals surface area contributed by atoms with E-state index in [2.05, 4.69) is 21.2 Å². The van der Waals surface area contributed by atoms with Crippen molar-refractivity contribution in [3.05, 3.63) is 56.0 Å². The lowest BCUT2D eigenvalue weighted by Crippen LogP contribution is -2.15. The number of nitrogens with one attached hydrogen (secondary N) is 1. The Kier molecular flexibility index (Phi) is 4.70. The van der Waals surface area contributed by atoms with Gasteiger partial charge in [0.05, 0.1) is 21.3 Å². The van der Waals surface area contributed by atoms with Crippen LogP contribution < -0.4 is 11.1 Å². The summed E-state index contributed by atoms with van der Waals surface area (Å²) in [6, 6.07) is 4.54. The summed E-state index contributed by atoms with van der Waals surface area (Å²) in [6.45, 7) is 0. The topological polar surface area (TPSA) is 55.1 Å². The minimum absolute atomic E-state index is 0.112. The van der Waals surface area contributed by atoms with Crippen LogP contribution in [0.15, 0.2) is 28.7 Å². The molecule has 8 heteroatoms. The zero-order valence-corrected chi connectivity index (χ0v) is 13.3. The normalized spacial score (nSPS) is 10.5. The van der Waals surface area contributed by atoms with Gasteiger partial charge in [-0.3, -0.25) is 4.79 Å². The van der Waals surface area contributed by atoms with Gasteiger partial charge >= 0.3 is 0 Å². The Morgan fingerprint density at radius 3 is 2.43 bits per heavy atom. The fraction of sp³-hybridized carbons (Fsp3) is 0. The number of rotatable bonds is 2. The van der Waals surface area contributed by atoms with Crippen LogP contribution in [0.4, 0.5) is 20.2 Å². The van der Waals surface area contributed by atoms with Crippen LogP contribution in [0.2, 0.25) is 10.0 Å². The molecule has 0 aliphatic rings. The molecular formula is C13H7BrCl2F2N2O. The highest BCUT2D eigenvalue weighted by atomic mass is 79.9. The molecule has 0 radical (unpaired) electrons. The Balaban J connectivity index is 2.35. The Morgan fingerprint density at radius 1 is 1.14 bits per heavy atom. The smallest absolute Gasteiger partial charge is 0.257 e. The van der Waals surface area contributed by atoms with E-state index in [-0.39, 0.29) is 27.0 Å². The number of hydrogen-bond donors (Lipinski definition) is 2. The molecule has 2 rings (SSSR count). The fourth-order valence-corrected chi connectivity index (χ4v) is 2.39. The maximum atomic E-state index is 13.2. The van der Waals surface area contributed by atoms with Crippen molar-refractivity contribution in [2.75, 3.05) is 11.1 Å². The van der Waals surface area contributed by atoms with Crippen LogP contribution in [0.1, 0.15) is 10.4 Å². The van der Waals surface area contributed by atoms with E-state index in [0.29, 0.717) is 10.5 Å². The first-order valence-electron chi connectivity index (χ1n) is 5.50. The molecule has 0 saturated carbocycles. The van der Waals surface area contributed by atoms with Crippen molar-refractivity contribution in [1.82, 2.24) is 0 Å². The van der Waals surface area contributed by atoms with E-state index >= 15 is 0 Å². The van der Waals surface area contributed by atoms with E-state index in [1.54, 1.807) is 6.07 Å². The highest BCUT2D eigenvalue weighted by Crippen LogP contribution is 2.36. The van der Waals surface area contributed by atoms with Crippen LogP contribution in [0.3, 0.4) is 0 Å². The predicted octanol–water partition coefficient (Wildman–Crippen LogP) is 4.87. The summed E-state index contributed by atoms with van der Waals surface area (Å²) >= 11 is 15.1. The van der Waals surface area contributed by atoms with Crippen LogP contribution >= 0.6 is 39.1 Å². The summed E-state index contributed by atoms with van der Waals surface area (Å²) in [5.74, 6) is -3.03. The van der Waals surface area contributed by atoms with Crippen LogP contribution in [0.5, 0.6) is 0 Å². The maximum Gasteiger partial charge on any atom is 0.257 e. The lowest BCUT2D eigenvalue weighted by atomic mass is 10.1. The highest BCUT2D eigenvalue weighted by Gasteiger charge is 2.17. The van der Waals surface area contributed by atoms with E-state index in [9.17, 15) is 13.6 Å². The molecule has 0 aromatic heterocycles. The molecule has 0 spiro atoms. The second kappa shape index (κ2) is 6.17. The summed E-state index contributed by atoms with van der Waals surface area (Å²) in [5.41, 5.74) is 5.33. The number of nitrogen functional groups attached to an aromatic ring is 1. The summed E-state index contributed by atoms with van der Waals surface area (Å²) in [4.78, 5) is 12.1. The second-order valence-corrected chi connectivity index (χ2v) is 5.64. The van der Waals surface area contributed by atoms with Crippen molar-refractivity contribution in [3.63, 3.8) is 0 Å². The highest BCUT2D eigenvalue weighted by molar-refractivity contribution is 9.10. The molecule has 0 aliphatic heterocycles. The summed E-state index contributed by atoms with van der Waals surface area (Å²) in [5, 5.41) is 2.76. The molecule has 21 heavy (non-hydrogen) atoms. The first-order chi connectivity index (χ1) is 9.81. The summed E-state index contributed by atoms with van der Waals surface area (Å²) in [7, 11) is 0. The molecule has 110 valence electrons. The first kappa shape index (κ1) is 16.0. The Hall–Kier alpha value is -1.37. The quantitative estimate of drug-likeness (QED) is 0.563. The van der Waals surface area contributed by atoms with Crippen molar-refractivity contribution >= 4 is 56.4 Å². The number of nitrogens with two attached hydrogens (primary N) is 1. The molecule has 1 amide bonds. The van der Waals surface area contributed by atoms with Crippen molar-refractivity contribution < 1.29 is 13.6 Å². The number of carbonyl (C=O) groups is 1. The first-order valence-corrected chi connectivity index (χ1v) is 7.05. The van der Waals surface area contributed by atoms with E-state index in [0.717, 1.165) is 6.07 Å². The number of amides is 1. The van der Waals surface area contributed by atoms with Crippen LogP contribution in [0.25, 0.3) is 0 Å². The van der Waals surface area contributed by atoms with Gasteiger partial charge in [-0.25, -0.2) is 8.78 Å². The van der Waals surface area contributed by atoms with Gasteiger partial charge in [-0.1, -0.05) is 23.2 Å². The largest absolute Gasteiger partial charge is 0.398 e. The maximum absolute atomic E-state index is 13.2. The number of benzene rings is 2. The third-order valence-corrected chi connectivity index (χ3v) is 4.39. The lowest BCUT2D eigenvalue weighted by Gasteiger charge is -2.11. The third kappa shape index (κ3) is 3.28. The van der Waals surface area contributed by atoms with Crippen LogP contribution in [-0.4, -0.2) is 5.91 Å². The number of anilines is 2. The molecule has 3 nitrogen and oxygen atoms in total. The van der Waals surface area contributed by atoms with Gasteiger partial charge in [-0.05, 0) is 34.1 Å². The standard InChI is InChI=1S/C13H7BrCl2F2N2O/c14-6-1-2-10(12(16)11(6)15)20-13(21)5-3-7(17)8(18)4-9(5)19/h1-4H,19H2,(H,20,21). The molecular weight excluding hydrogens is 389 g/mol. The Bertz CT molecular complexity index is 741. The van der Waals surface area contributed by atoms with Gasteiger partial charge in [0, 0.05) is 16.2 Å². The van der Waals surface area contributed by atoms with Gasteiger partial charge in [0.25, 0.3) is 5.91 Å².